The van der Waals surface area contributed by atoms with Gasteiger partial charge in [0.2, 0.25) is 0 Å². The van der Waals surface area contributed by atoms with Gasteiger partial charge in [-0.2, -0.15) is 5.10 Å². The molecule has 1 aromatic rings. The summed E-state index contributed by atoms with van der Waals surface area (Å²) in [6.07, 6.45) is 3.00. The molecule has 12 heavy (non-hydrogen) atoms. The SMILES string of the molecule is CCn1cc(C[C@H](C)N)c(C)n1. The minimum atomic E-state index is 0.221. The van der Waals surface area contributed by atoms with Gasteiger partial charge in [0.25, 0.3) is 0 Å². The molecule has 0 spiro atoms. The zero-order valence-corrected chi connectivity index (χ0v) is 8.04. The van der Waals surface area contributed by atoms with E-state index >= 15 is 0 Å². The Morgan fingerprint density at radius 1 is 1.67 bits per heavy atom. The zero-order chi connectivity index (χ0) is 9.14. The van der Waals surface area contributed by atoms with E-state index in [1.807, 2.05) is 18.5 Å². The van der Waals surface area contributed by atoms with E-state index in [1.54, 1.807) is 0 Å². The summed E-state index contributed by atoms with van der Waals surface area (Å²) in [5.41, 5.74) is 8.08. The molecule has 3 heteroatoms. The largest absolute Gasteiger partial charge is 0.328 e. The maximum Gasteiger partial charge on any atom is 0.0626 e. The molecule has 0 saturated carbocycles. The predicted octanol–water partition coefficient (Wildman–Crippen LogP) is 1.10. The Hall–Kier alpha value is -0.830. The Morgan fingerprint density at radius 2 is 2.33 bits per heavy atom. The van der Waals surface area contributed by atoms with Gasteiger partial charge in [0, 0.05) is 18.8 Å². The zero-order valence-electron chi connectivity index (χ0n) is 8.04. The number of aryl methyl sites for hydroxylation is 2. The molecule has 0 amide bonds. The van der Waals surface area contributed by atoms with Crippen LogP contribution in [0.5, 0.6) is 0 Å². The molecule has 0 aromatic carbocycles. The molecule has 1 rings (SSSR count). The van der Waals surface area contributed by atoms with Crippen molar-refractivity contribution in [3.8, 4) is 0 Å². The van der Waals surface area contributed by atoms with Crippen LogP contribution in [0.4, 0.5) is 0 Å². The van der Waals surface area contributed by atoms with Crippen LogP contribution in [0.1, 0.15) is 25.1 Å². The van der Waals surface area contributed by atoms with E-state index in [0.29, 0.717) is 0 Å². The Kier molecular flexibility index (Phi) is 2.87. The average Bonchev–Trinajstić information content (AvgIpc) is 2.31. The smallest absolute Gasteiger partial charge is 0.0626 e. The molecule has 0 unspecified atom stereocenters. The first-order valence-electron chi connectivity index (χ1n) is 4.42. The maximum absolute atomic E-state index is 5.71. The van der Waals surface area contributed by atoms with Crippen LogP contribution in [-0.2, 0) is 13.0 Å². The molecular formula is C9H17N3. The molecule has 0 fully saturated rings. The van der Waals surface area contributed by atoms with Gasteiger partial charge >= 0.3 is 0 Å². The number of nitrogens with zero attached hydrogens (tertiary/aromatic N) is 2. The molecule has 1 heterocycles. The fourth-order valence-electron chi connectivity index (χ4n) is 1.27. The first kappa shape index (κ1) is 9.26. The standard InChI is InChI=1S/C9H17N3/c1-4-12-6-9(5-7(2)10)8(3)11-12/h6-7H,4-5,10H2,1-3H3/t7-/m0/s1. The van der Waals surface area contributed by atoms with Crippen molar-refractivity contribution in [2.45, 2.75) is 39.8 Å². The van der Waals surface area contributed by atoms with Crippen molar-refractivity contribution in [3.05, 3.63) is 17.5 Å². The van der Waals surface area contributed by atoms with E-state index < -0.39 is 0 Å². The number of hydrogen-bond donors (Lipinski definition) is 1. The van der Waals surface area contributed by atoms with Gasteiger partial charge in [0.15, 0.2) is 0 Å². The second-order valence-corrected chi connectivity index (χ2v) is 3.28. The lowest BCUT2D eigenvalue weighted by Gasteiger charge is -2.01. The Balaban J connectivity index is 2.77. The van der Waals surface area contributed by atoms with Gasteiger partial charge in [0.05, 0.1) is 5.69 Å². The van der Waals surface area contributed by atoms with Crippen LogP contribution in [0.3, 0.4) is 0 Å². The molecule has 0 aliphatic carbocycles. The van der Waals surface area contributed by atoms with E-state index in [1.165, 1.54) is 5.56 Å². The van der Waals surface area contributed by atoms with Crippen molar-refractivity contribution in [3.63, 3.8) is 0 Å². The summed E-state index contributed by atoms with van der Waals surface area (Å²) in [6.45, 7) is 7.06. The van der Waals surface area contributed by atoms with E-state index in [2.05, 4.69) is 18.2 Å². The molecule has 0 saturated heterocycles. The summed E-state index contributed by atoms with van der Waals surface area (Å²) in [6, 6.07) is 0.221. The summed E-state index contributed by atoms with van der Waals surface area (Å²) in [7, 11) is 0. The molecule has 0 bridgehead atoms. The number of rotatable bonds is 3. The van der Waals surface area contributed by atoms with Crippen molar-refractivity contribution in [2.24, 2.45) is 5.73 Å². The lowest BCUT2D eigenvalue weighted by atomic mass is 10.1. The Labute approximate surface area is 73.6 Å². The van der Waals surface area contributed by atoms with Crippen molar-refractivity contribution in [2.75, 3.05) is 0 Å². The van der Waals surface area contributed by atoms with Crippen LogP contribution in [0, 0.1) is 6.92 Å². The van der Waals surface area contributed by atoms with Gasteiger partial charge < -0.3 is 5.73 Å². The normalized spacial score (nSPS) is 13.3. The van der Waals surface area contributed by atoms with Crippen molar-refractivity contribution in [1.82, 2.24) is 9.78 Å². The van der Waals surface area contributed by atoms with Crippen LogP contribution in [0.2, 0.25) is 0 Å². The highest BCUT2D eigenvalue weighted by molar-refractivity contribution is 5.16. The van der Waals surface area contributed by atoms with Crippen LogP contribution in [0.15, 0.2) is 6.20 Å². The first-order chi connectivity index (χ1) is 5.63. The Bertz CT molecular complexity index is 250. The van der Waals surface area contributed by atoms with Crippen molar-refractivity contribution >= 4 is 0 Å². The molecule has 3 nitrogen and oxygen atoms in total. The minimum Gasteiger partial charge on any atom is -0.328 e. The van der Waals surface area contributed by atoms with E-state index in [0.717, 1.165) is 18.7 Å². The van der Waals surface area contributed by atoms with Crippen LogP contribution in [0.25, 0.3) is 0 Å². The average molecular weight is 167 g/mol. The maximum atomic E-state index is 5.71. The van der Waals surface area contributed by atoms with Gasteiger partial charge in [0.1, 0.15) is 0 Å². The van der Waals surface area contributed by atoms with Gasteiger partial charge in [-0.25, -0.2) is 0 Å². The van der Waals surface area contributed by atoms with E-state index in [4.69, 9.17) is 5.73 Å². The number of nitrogens with two attached hydrogens (primary N) is 1. The third kappa shape index (κ3) is 2.08. The highest BCUT2D eigenvalue weighted by atomic mass is 15.3. The molecule has 0 aliphatic heterocycles. The summed E-state index contributed by atoms with van der Waals surface area (Å²) >= 11 is 0. The van der Waals surface area contributed by atoms with Gasteiger partial charge in [-0.15, -0.1) is 0 Å². The fraction of sp³-hybridized carbons (Fsp3) is 0.667. The predicted molar refractivity (Wildman–Crippen MR) is 50.0 cm³/mol. The van der Waals surface area contributed by atoms with Crippen molar-refractivity contribution in [1.29, 1.82) is 0 Å². The Morgan fingerprint density at radius 3 is 2.75 bits per heavy atom. The third-order valence-corrected chi connectivity index (χ3v) is 1.91. The second-order valence-electron chi connectivity index (χ2n) is 3.28. The van der Waals surface area contributed by atoms with E-state index in [9.17, 15) is 0 Å². The summed E-state index contributed by atoms with van der Waals surface area (Å²) < 4.78 is 1.95. The minimum absolute atomic E-state index is 0.221. The topological polar surface area (TPSA) is 43.8 Å². The monoisotopic (exact) mass is 167 g/mol. The summed E-state index contributed by atoms with van der Waals surface area (Å²) in [5.74, 6) is 0. The lowest BCUT2D eigenvalue weighted by molar-refractivity contribution is 0.652. The molecular weight excluding hydrogens is 150 g/mol. The highest BCUT2D eigenvalue weighted by Crippen LogP contribution is 2.07. The summed E-state index contributed by atoms with van der Waals surface area (Å²) in [4.78, 5) is 0. The van der Waals surface area contributed by atoms with Crippen LogP contribution >= 0.6 is 0 Å². The van der Waals surface area contributed by atoms with Crippen molar-refractivity contribution < 1.29 is 0 Å². The quantitative estimate of drug-likeness (QED) is 0.732. The molecule has 0 radical (unpaired) electrons. The fourth-order valence-corrected chi connectivity index (χ4v) is 1.27. The van der Waals surface area contributed by atoms with Gasteiger partial charge in [-0.1, -0.05) is 0 Å². The first-order valence-corrected chi connectivity index (χ1v) is 4.42. The number of hydrogen-bond acceptors (Lipinski definition) is 2. The molecule has 68 valence electrons. The summed E-state index contributed by atoms with van der Waals surface area (Å²) in [5, 5.41) is 4.34. The second kappa shape index (κ2) is 3.72. The number of aromatic nitrogens is 2. The molecule has 1 atom stereocenters. The van der Waals surface area contributed by atoms with Gasteiger partial charge in [-0.05, 0) is 32.8 Å². The third-order valence-electron chi connectivity index (χ3n) is 1.91. The molecule has 0 aliphatic rings. The van der Waals surface area contributed by atoms with E-state index in [-0.39, 0.29) is 6.04 Å². The highest BCUT2D eigenvalue weighted by Gasteiger charge is 2.05. The lowest BCUT2D eigenvalue weighted by Crippen LogP contribution is -2.17. The molecule has 1 aromatic heterocycles. The van der Waals surface area contributed by atoms with Crippen LogP contribution in [-0.4, -0.2) is 15.8 Å². The molecule has 2 N–H and O–H groups in total. The van der Waals surface area contributed by atoms with Crippen LogP contribution < -0.4 is 5.73 Å². The van der Waals surface area contributed by atoms with Gasteiger partial charge in [-0.3, -0.25) is 4.68 Å².